The maximum atomic E-state index is 10.8. The molecule has 0 heterocycles. The highest BCUT2D eigenvalue weighted by Gasteiger charge is 2.19. The highest BCUT2D eigenvalue weighted by atomic mass is 32.2. The number of nitro benzene ring substituents is 1. The van der Waals surface area contributed by atoms with Crippen LogP contribution in [0.2, 0.25) is 0 Å². The third kappa shape index (κ3) is 1.80. The van der Waals surface area contributed by atoms with Crippen LogP contribution < -0.4 is 0 Å². The lowest BCUT2D eigenvalue weighted by atomic mass is 10.1. The molecule has 1 N–H and O–H groups in total. The van der Waals surface area contributed by atoms with E-state index < -0.39 is 16.0 Å². The Balaban J connectivity index is 3.49. The highest BCUT2D eigenvalue weighted by Crippen LogP contribution is 2.27. The lowest BCUT2D eigenvalue weighted by molar-refractivity contribution is -0.386. The van der Waals surface area contributed by atoms with E-state index in [0.29, 0.717) is 5.56 Å². The van der Waals surface area contributed by atoms with E-state index in [0.717, 1.165) is 0 Å². The van der Waals surface area contributed by atoms with Gasteiger partial charge in [0, 0.05) is 11.1 Å². The Labute approximate surface area is 83.2 Å². The zero-order valence-corrected chi connectivity index (χ0v) is 8.50. The zero-order valence-electron chi connectivity index (χ0n) is 7.68. The van der Waals surface area contributed by atoms with Crippen molar-refractivity contribution in [3.05, 3.63) is 33.4 Å². The molecule has 0 aliphatic rings. The van der Waals surface area contributed by atoms with Crippen molar-refractivity contribution in [3.8, 4) is 0 Å². The predicted octanol–water partition coefficient (Wildman–Crippen LogP) is 1.79. The summed E-state index contributed by atoms with van der Waals surface area (Å²) in [5.74, 6) is 0. The molecule has 0 aromatic heterocycles. The Morgan fingerprint density at radius 2 is 2.00 bits per heavy atom. The highest BCUT2D eigenvalue weighted by molar-refractivity contribution is 7.79. The minimum absolute atomic E-state index is 0.0855. The molecule has 0 spiro atoms. The molecule has 0 bridgehead atoms. The Morgan fingerprint density at radius 1 is 1.43 bits per heavy atom. The van der Waals surface area contributed by atoms with Crippen molar-refractivity contribution in [2.24, 2.45) is 0 Å². The second-order valence-corrected chi connectivity index (χ2v) is 3.80. The van der Waals surface area contributed by atoms with Crippen molar-refractivity contribution in [3.63, 3.8) is 0 Å². The van der Waals surface area contributed by atoms with Gasteiger partial charge in [-0.3, -0.25) is 10.1 Å². The molecule has 1 aromatic carbocycles. The van der Waals surface area contributed by atoms with Crippen LogP contribution in [-0.4, -0.2) is 13.7 Å². The van der Waals surface area contributed by atoms with Crippen LogP contribution in [-0.2, 0) is 11.1 Å². The van der Waals surface area contributed by atoms with Crippen molar-refractivity contribution >= 4 is 16.8 Å². The van der Waals surface area contributed by atoms with Gasteiger partial charge in [-0.05, 0) is 19.9 Å². The molecular formula is C8H9NO4S. The van der Waals surface area contributed by atoms with Crippen LogP contribution in [0.15, 0.2) is 17.0 Å². The fourth-order valence-corrected chi connectivity index (χ4v) is 1.83. The van der Waals surface area contributed by atoms with Crippen molar-refractivity contribution in [1.82, 2.24) is 0 Å². The smallest absolute Gasteiger partial charge is 0.276 e. The predicted molar refractivity (Wildman–Crippen MR) is 51.6 cm³/mol. The molecule has 0 aliphatic carbocycles. The second kappa shape index (κ2) is 3.85. The minimum Gasteiger partial charge on any atom is -0.302 e. The van der Waals surface area contributed by atoms with Crippen molar-refractivity contribution in [1.29, 1.82) is 0 Å². The SMILES string of the molecule is Cc1ccc(S(=O)O)c(C)c1[N+](=O)[O-]. The van der Waals surface area contributed by atoms with E-state index in [1.165, 1.54) is 19.1 Å². The van der Waals surface area contributed by atoms with Crippen LogP contribution in [0.1, 0.15) is 11.1 Å². The molecule has 76 valence electrons. The zero-order chi connectivity index (χ0) is 10.9. The molecule has 1 aromatic rings. The summed E-state index contributed by atoms with van der Waals surface area (Å²) in [7, 11) is 0. The van der Waals surface area contributed by atoms with E-state index >= 15 is 0 Å². The number of aryl methyl sites for hydroxylation is 1. The van der Waals surface area contributed by atoms with E-state index in [1.54, 1.807) is 6.92 Å². The molecule has 14 heavy (non-hydrogen) atoms. The Morgan fingerprint density at radius 3 is 2.43 bits per heavy atom. The summed E-state index contributed by atoms with van der Waals surface area (Å²) in [4.78, 5) is 10.2. The van der Waals surface area contributed by atoms with Gasteiger partial charge in [0.2, 0.25) is 0 Å². The molecule has 1 unspecified atom stereocenters. The molecule has 0 saturated heterocycles. The maximum Gasteiger partial charge on any atom is 0.276 e. The number of nitrogens with zero attached hydrogens (tertiary/aromatic N) is 1. The van der Waals surface area contributed by atoms with Crippen LogP contribution in [0.5, 0.6) is 0 Å². The third-order valence-corrected chi connectivity index (χ3v) is 2.77. The summed E-state index contributed by atoms with van der Waals surface area (Å²) < 4.78 is 19.6. The normalized spacial score (nSPS) is 12.5. The molecule has 0 fully saturated rings. The van der Waals surface area contributed by atoms with E-state index in [4.69, 9.17) is 4.55 Å². The summed E-state index contributed by atoms with van der Waals surface area (Å²) >= 11 is -2.18. The van der Waals surface area contributed by atoms with Crippen LogP contribution >= 0.6 is 0 Å². The largest absolute Gasteiger partial charge is 0.302 e. The van der Waals surface area contributed by atoms with Gasteiger partial charge in [-0.2, -0.15) is 0 Å². The number of benzene rings is 1. The van der Waals surface area contributed by atoms with Crippen LogP contribution in [0, 0.1) is 24.0 Å². The lowest BCUT2D eigenvalue weighted by Gasteiger charge is -2.04. The average molecular weight is 215 g/mol. The van der Waals surface area contributed by atoms with Gasteiger partial charge >= 0.3 is 0 Å². The van der Waals surface area contributed by atoms with Gasteiger partial charge in [0.05, 0.1) is 9.82 Å². The third-order valence-electron chi connectivity index (χ3n) is 1.95. The fourth-order valence-electron chi connectivity index (χ4n) is 1.29. The fraction of sp³-hybridized carbons (Fsp3) is 0.250. The summed E-state index contributed by atoms with van der Waals surface area (Å²) in [6, 6.07) is 2.89. The van der Waals surface area contributed by atoms with Gasteiger partial charge in [-0.1, -0.05) is 6.07 Å². The first-order valence-corrected chi connectivity index (χ1v) is 4.91. The average Bonchev–Trinajstić information content (AvgIpc) is 2.02. The van der Waals surface area contributed by atoms with Gasteiger partial charge in [0.1, 0.15) is 0 Å². The van der Waals surface area contributed by atoms with E-state index in [-0.39, 0.29) is 16.1 Å². The number of rotatable bonds is 2. The Kier molecular flexibility index (Phi) is 2.97. The molecule has 0 radical (unpaired) electrons. The molecule has 0 amide bonds. The van der Waals surface area contributed by atoms with Crippen LogP contribution in [0.3, 0.4) is 0 Å². The first kappa shape index (κ1) is 10.8. The summed E-state index contributed by atoms with van der Waals surface area (Å²) in [6.07, 6.45) is 0. The molecular weight excluding hydrogens is 206 g/mol. The van der Waals surface area contributed by atoms with Gasteiger partial charge in [0.25, 0.3) is 5.69 Å². The van der Waals surface area contributed by atoms with Gasteiger partial charge < -0.3 is 4.55 Å². The molecule has 0 saturated carbocycles. The van der Waals surface area contributed by atoms with Gasteiger partial charge in [-0.25, -0.2) is 4.21 Å². The standard InChI is InChI=1S/C8H9NO4S/c1-5-3-4-7(14(12)13)6(2)8(5)9(10)11/h3-4H,1-2H3,(H,12,13). The van der Waals surface area contributed by atoms with Crippen LogP contribution in [0.4, 0.5) is 5.69 Å². The maximum absolute atomic E-state index is 10.8. The quantitative estimate of drug-likeness (QED) is 0.463. The number of nitro groups is 1. The van der Waals surface area contributed by atoms with Gasteiger partial charge in [0.15, 0.2) is 11.1 Å². The van der Waals surface area contributed by atoms with Crippen LogP contribution in [0.25, 0.3) is 0 Å². The van der Waals surface area contributed by atoms with Gasteiger partial charge in [-0.15, -0.1) is 0 Å². The van der Waals surface area contributed by atoms with Crippen molar-refractivity contribution in [2.75, 3.05) is 0 Å². The van der Waals surface area contributed by atoms with E-state index in [2.05, 4.69) is 0 Å². The van der Waals surface area contributed by atoms with E-state index in [1.807, 2.05) is 0 Å². The van der Waals surface area contributed by atoms with Crippen molar-refractivity contribution < 1.29 is 13.7 Å². The summed E-state index contributed by atoms with van der Waals surface area (Å²) in [5.41, 5.74) is 0.641. The second-order valence-electron chi connectivity index (χ2n) is 2.86. The topological polar surface area (TPSA) is 80.4 Å². The molecule has 1 rings (SSSR count). The number of hydrogen-bond donors (Lipinski definition) is 1. The van der Waals surface area contributed by atoms with E-state index in [9.17, 15) is 14.3 Å². The molecule has 6 heteroatoms. The summed E-state index contributed by atoms with van der Waals surface area (Å²) in [6.45, 7) is 3.06. The minimum atomic E-state index is -2.18. The summed E-state index contributed by atoms with van der Waals surface area (Å²) in [5, 5.41) is 10.6. The van der Waals surface area contributed by atoms with Crippen molar-refractivity contribution in [2.45, 2.75) is 18.7 Å². The lowest BCUT2D eigenvalue weighted by Crippen LogP contribution is -2.00. The first-order chi connectivity index (χ1) is 6.45. The Hall–Kier alpha value is -1.27. The first-order valence-electron chi connectivity index (χ1n) is 3.80. The molecule has 0 aliphatic heterocycles. The molecule has 1 atom stereocenters. The monoisotopic (exact) mass is 215 g/mol. The number of hydrogen-bond acceptors (Lipinski definition) is 3. The molecule has 5 nitrogen and oxygen atoms in total. The Bertz CT molecular complexity index is 416.